The summed E-state index contributed by atoms with van der Waals surface area (Å²) in [5.74, 6) is 0. The molecule has 0 unspecified atom stereocenters. The fourth-order valence-electron chi connectivity index (χ4n) is 1.68. The summed E-state index contributed by atoms with van der Waals surface area (Å²) in [6, 6.07) is 9.79. The van der Waals surface area contributed by atoms with Crippen LogP contribution in [-0.2, 0) is 6.54 Å². The van der Waals surface area contributed by atoms with Crippen molar-refractivity contribution < 1.29 is 9.18 Å². The van der Waals surface area contributed by atoms with E-state index in [-0.39, 0.29) is 5.56 Å². The lowest BCUT2D eigenvalue weighted by Gasteiger charge is -2.08. The Kier molecular flexibility index (Phi) is 4.11. The fourth-order valence-corrected chi connectivity index (χ4v) is 2.06. The van der Waals surface area contributed by atoms with E-state index in [4.69, 9.17) is 0 Å². The lowest BCUT2D eigenvalue weighted by atomic mass is 10.2. The first-order valence-corrected chi connectivity index (χ1v) is 6.25. The Labute approximate surface area is 117 Å². The van der Waals surface area contributed by atoms with Crippen LogP contribution < -0.4 is 10.9 Å². The molecule has 0 saturated carbocycles. The molecule has 0 aliphatic rings. The fraction of sp³-hybridized carbons (Fsp3) is 0.0769. The smallest absolute Gasteiger partial charge is 0.310 e. The van der Waals surface area contributed by atoms with E-state index in [1.54, 1.807) is 36.5 Å². The normalized spacial score (nSPS) is 10.2. The van der Waals surface area contributed by atoms with E-state index in [0.717, 1.165) is 10.0 Å². The van der Waals surface area contributed by atoms with Gasteiger partial charge in [0, 0.05) is 22.4 Å². The van der Waals surface area contributed by atoms with Crippen LogP contribution in [0.4, 0.5) is 14.9 Å². The maximum absolute atomic E-state index is 12.3. The maximum atomic E-state index is 12.3. The molecule has 98 valence electrons. The van der Waals surface area contributed by atoms with Crippen molar-refractivity contribution in [2.45, 2.75) is 6.54 Å². The molecular weight excluding hydrogens is 315 g/mol. The zero-order chi connectivity index (χ0) is 13.8. The van der Waals surface area contributed by atoms with Gasteiger partial charge in [-0.05, 0) is 39.7 Å². The third kappa shape index (κ3) is 3.75. The molecule has 2 rings (SSSR count). The second-order valence-corrected chi connectivity index (χ2v) is 4.83. The molecule has 1 N–H and O–H groups in total. The van der Waals surface area contributed by atoms with Crippen LogP contribution in [0.25, 0.3) is 0 Å². The van der Waals surface area contributed by atoms with Crippen molar-refractivity contribution in [2.24, 2.45) is 0 Å². The van der Waals surface area contributed by atoms with E-state index in [0.29, 0.717) is 12.2 Å². The highest BCUT2D eigenvalue weighted by Gasteiger charge is 2.02. The van der Waals surface area contributed by atoms with Gasteiger partial charge in [0.05, 0.1) is 6.54 Å². The zero-order valence-electron chi connectivity index (χ0n) is 9.77. The molecule has 1 aromatic carbocycles. The first kappa shape index (κ1) is 13.5. The topological polar surface area (TPSA) is 51.1 Å². The van der Waals surface area contributed by atoms with Crippen LogP contribution in [0.1, 0.15) is 5.56 Å². The number of aromatic nitrogens is 1. The van der Waals surface area contributed by atoms with Gasteiger partial charge in [0.2, 0.25) is 0 Å². The molecule has 0 saturated heterocycles. The standard InChI is InChI=1S/C13H10BrFN2O2/c14-10-4-5-12(18)17(8-10)7-9-2-1-3-11(6-9)16-13(15)19/h1-6,8H,7H2,(H,16,19). The Balaban J connectivity index is 2.25. The molecule has 0 aliphatic heterocycles. The first-order chi connectivity index (χ1) is 9.04. The Hall–Kier alpha value is -1.95. The third-order valence-electron chi connectivity index (χ3n) is 2.47. The summed E-state index contributed by atoms with van der Waals surface area (Å²) in [6.45, 7) is 0.342. The second-order valence-electron chi connectivity index (χ2n) is 3.91. The van der Waals surface area contributed by atoms with Crippen molar-refractivity contribution in [3.05, 3.63) is 63.0 Å². The lowest BCUT2D eigenvalue weighted by Crippen LogP contribution is -2.18. The van der Waals surface area contributed by atoms with Gasteiger partial charge in [-0.1, -0.05) is 12.1 Å². The van der Waals surface area contributed by atoms with E-state index < -0.39 is 6.16 Å². The number of nitrogens with one attached hydrogen (secondary N) is 1. The average Bonchev–Trinajstić information content (AvgIpc) is 2.33. The van der Waals surface area contributed by atoms with Crippen LogP contribution >= 0.6 is 15.9 Å². The largest absolute Gasteiger partial charge is 0.401 e. The van der Waals surface area contributed by atoms with Gasteiger partial charge >= 0.3 is 6.16 Å². The summed E-state index contributed by atoms with van der Waals surface area (Å²) >= 11 is 3.29. The molecule has 0 radical (unpaired) electrons. The Morgan fingerprint density at radius 3 is 2.84 bits per heavy atom. The van der Waals surface area contributed by atoms with Crippen molar-refractivity contribution >= 4 is 27.8 Å². The number of hydrogen-bond donors (Lipinski definition) is 1. The summed E-state index contributed by atoms with van der Waals surface area (Å²) in [6.07, 6.45) is 0.0553. The van der Waals surface area contributed by atoms with Crippen LogP contribution in [0.5, 0.6) is 0 Å². The molecular formula is C13H10BrFN2O2. The average molecular weight is 325 g/mol. The SMILES string of the molecule is O=C(F)Nc1cccc(Cn2cc(Br)ccc2=O)c1. The highest BCUT2D eigenvalue weighted by molar-refractivity contribution is 9.10. The van der Waals surface area contributed by atoms with Crippen molar-refractivity contribution in [1.29, 1.82) is 0 Å². The molecule has 1 amide bonds. The Morgan fingerprint density at radius 2 is 2.11 bits per heavy atom. The highest BCUT2D eigenvalue weighted by Crippen LogP contribution is 2.13. The maximum Gasteiger partial charge on any atom is 0.401 e. The number of anilines is 1. The number of carbonyl (C=O) groups excluding carboxylic acids is 1. The Morgan fingerprint density at radius 1 is 1.32 bits per heavy atom. The van der Waals surface area contributed by atoms with Crippen molar-refractivity contribution in [3.63, 3.8) is 0 Å². The predicted octanol–water partition coefficient (Wildman–Crippen LogP) is 3.16. The van der Waals surface area contributed by atoms with Gasteiger partial charge in [0.25, 0.3) is 5.56 Å². The summed E-state index contributed by atoms with van der Waals surface area (Å²) in [7, 11) is 0. The summed E-state index contributed by atoms with van der Waals surface area (Å²) < 4.78 is 14.6. The van der Waals surface area contributed by atoms with Crippen molar-refractivity contribution in [1.82, 2.24) is 4.57 Å². The number of carbonyl (C=O) groups is 1. The number of halogens is 2. The van der Waals surface area contributed by atoms with Gasteiger partial charge in [-0.25, -0.2) is 4.79 Å². The second kappa shape index (κ2) is 5.79. The Bertz CT molecular complexity index is 670. The minimum absolute atomic E-state index is 0.136. The molecule has 6 heteroatoms. The van der Waals surface area contributed by atoms with Crippen molar-refractivity contribution in [3.8, 4) is 0 Å². The van der Waals surface area contributed by atoms with Gasteiger partial charge in [-0.2, -0.15) is 0 Å². The first-order valence-electron chi connectivity index (χ1n) is 5.46. The predicted molar refractivity (Wildman–Crippen MR) is 74.1 cm³/mol. The van der Waals surface area contributed by atoms with E-state index >= 15 is 0 Å². The number of hydrogen-bond acceptors (Lipinski definition) is 2. The van der Waals surface area contributed by atoms with Crippen LogP contribution in [-0.4, -0.2) is 10.7 Å². The highest BCUT2D eigenvalue weighted by atomic mass is 79.9. The minimum Gasteiger partial charge on any atom is -0.310 e. The van der Waals surface area contributed by atoms with Gasteiger partial charge in [0.1, 0.15) is 0 Å². The van der Waals surface area contributed by atoms with Gasteiger partial charge in [-0.15, -0.1) is 4.39 Å². The summed E-state index contributed by atoms with van der Waals surface area (Å²) in [4.78, 5) is 22.0. The molecule has 0 spiro atoms. The van der Waals surface area contributed by atoms with Crippen LogP contribution in [0.15, 0.2) is 51.9 Å². The van der Waals surface area contributed by atoms with Crippen molar-refractivity contribution in [2.75, 3.05) is 5.32 Å². The molecule has 4 nitrogen and oxygen atoms in total. The molecule has 19 heavy (non-hydrogen) atoms. The van der Waals surface area contributed by atoms with E-state index in [1.165, 1.54) is 10.6 Å². The van der Waals surface area contributed by atoms with Crippen LogP contribution in [0, 0.1) is 0 Å². The molecule has 0 bridgehead atoms. The van der Waals surface area contributed by atoms with Gasteiger partial charge < -0.3 is 4.57 Å². The number of pyridine rings is 1. The lowest BCUT2D eigenvalue weighted by molar-refractivity contribution is 0.235. The monoisotopic (exact) mass is 324 g/mol. The molecule has 0 aliphatic carbocycles. The molecule has 0 fully saturated rings. The number of benzene rings is 1. The summed E-state index contributed by atoms with van der Waals surface area (Å²) in [5, 5.41) is 2.05. The number of nitrogens with zero attached hydrogens (tertiary/aromatic N) is 1. The molecule has 2 aromatic rings. The van der Waals surface area contributed by atoms with Crippen LogP contribution in [0.3, 0.4) is 0 Å². The molecule has 1 aromatic heterocycles. The summed E-state index contributed by atoms with van der Waals surface area (Å²) in [5.41, 5.74) is 1.00. The number of amides is 1. The van der Waals surface area contributed by atoms with E-state index in [1.807, 2.05) is 0 Å². The minimum atomic E-state index is -1.61. The van der Waals surface area contributed by atoms with E-state index in [2.05, 4.69) is 21.2 Å². The van der Waals surface area contributed by atoms with E-state index in [9.17, 15) is 14.0 Å². The quantitative estimate of drug-likeness (QED) is 0.696. The van der Waals surface area contributed by atoms with Crippen LogP contribution in [0.2, 0.25) is 0 Å². The van der Waals surface area contributed by atoms with Gasteiger partial charge in [0.15, 0.2) is 0 Å². The molecule has 1 heterocycles. The zero-order valence-corrected chi connectivity index (χ0v) is 11.4. The third-order valence-corrected chi connectivity index (χ3v) is 2.94. The van der Waals surface area contributed by atoms with Gasteiger partial charge in [-0.3, -0.25) is 10.1 Å². The molecule has 0 atom stereocenters. The number of rotatable bonds is 3.